The predicted molar refractivity (Wildman–Crippen MR) is 89.6 cm³/mol. The molecule has 3 rings (SSSR count). The smallest absolute Gasteiger partial charge is 0.244 e. The van der Waals surface area contributed by atoms with Crippen LogP contribution in [-0.2, 0) is 4.79 Å². The van der Waals surface area contributed by atoms with Crippen molar-refractivity contribution >= 4 is 23.6 Å². The van der Waals surface area contributed by atoms with E-state index in [0.29, 0.717) is 10.8 Å². The van der Waals surface area contributed by atoms with Gasteiger partial charge in [-0.25, -0.2) is 0 Å². The van der Waals surface area contributed by atoms with Crippen LogP contribution in [0.2, 0.25) is 5.02 Å². The molecule has 2 aromatic carbocycles. The monoisotopic (exact) mass is 329 g/mol. The van der Waals surface area contributed by atoms with E-state index < -0.39 is 0 Å². The van der Waals surface area contributed by atoms with Gasteiger partial charge in [0.25, 0.3) is 0 Å². The highest BCUT2D eigenvalue weighted by Crippen LogP contribution is 2.34. The molecule has 0 fully saturated rings. The number of nitrogens with one attached hydrogen (secondary N) is 1. The Morgan fingerprint density at radius 3 is 2.70 bits per heavy atom. The molecule has 0 radical (unpaired) electrons. The first-order chi connectivity index (χ1) is 11.1. The number of hydrogen-bond donors (Lipinski definition) is 1. The van der Waals surface area contributed by atoms with Gasteiger partial charge in [0.05, 0.1) is 6.04 Å². The SMILES string of the molecule is CC(NC(=O)/C=C/c1ccc(Cl)cc1)c1ccc2c(c1)OCO2. The summed E-state index contributed by atoms with van der Waals surface area (Å²) in [6.45, 7) is 2.16. The molecule has 1 unspecified atom stereocenters. The number of benzene rings is 2. The van der Waals surface area contributed by atoms with E-state index in [1.165, 1.54) is 6.08 Å². The summed E-state index contributed by atoms with van der Waals surface area (Å²) < 4.78 is 10.6. The zero-order valence-corrected chi connectivity index (χ0v) is 13.3. The standard InChI is InChI=1S/C18H16ClNO3/c1-12(14-5-8-16-17(10-14)23-11-22-16)20-18(21)9-4-13-2-6-15(19)7-3-13/h2-10,12H,11H2,1H3,(H,20,21)/b9-4+. The van der Waals surface area contributed by atoms with Crippen LogP contribution in [0.25, 0.3) is 6.08 Å². The third kappa shape index (κ3) is 3.85. The van der Waals surface area contributed by atoms with E-state index in [2.05, 4.69) is 5.32 Å². The summed E-state index contributed by atoms with van der Waals surface area (Å²) in [5, 5.41) is 3.59. The first kappa shape index (κ1) is 15.4. The first-order valence-corrected chi connectivity index (χ1v) is 7.63. The molecule has 2 aromatic rings. The molecule has 1 heterocycles. The van der Waals surface area contributed by atoms with Crippen LogP contribution in [0.1, 0.15) is 24.1 Å². The van der Waals surface area contributed by atoms with Gasteiger partial charge in [0.1, 0.15) is 0 Å². The van der Waals surface area contributed by atoms with Crippen molar-refractivity contribution in [1.29, 1.82) is 0 Å². The summed E-state index contributed by atoms with van der Waals surface area (Å²) in [7, 11) is 0. The number of amides is 1. The van der Waals surface area contributed by atoms with Crippen LogP contribution in [0.4, 0.5) is 0 Å². The van der Waals surface area contributed by atoms with E-state index in [1.54, 1.807) is 18.2 Å². The lowest BCUT2D eigenvalue weighted by molar-refractivity contribution is -0.117. The predicted octanol–water partition coefficient (Wildman–Crippen LogP) is 3.96. The van der Waals surface area contributed by atoms with Crippen LogP contribution in [0, 0.1) is 0 Å². The van der Waals surface area contributed by atoms with Crippen molar-refractivity contribution in [2.75, 3.05) is 6.79 Å². The van der Waals surface area contributed by atoms with Gasteiger partial charge in [-0.15, -0.1) is 0 Å². The second-order valence-electron chi connectivity index (χ2n) is 5.23. The lowest BCUT2D eigenvalue weighted by Crippen LogP contribution is -2.24. The fourth-order valence-corrected chi connectivity index (χ4v) is 2.40. The van der Waals surface area contributed by atoms with Crippen molar-refractivity contribution in [3.8, 4) is 11.5 Å². The third-order valence-electron chi connectivity index (χ3n) is 3.55. The van der Waals surface area contributed by atoms with Gasteiger partial charge in [0.2, 0.25) is 12.7 Å². The number of rotatable bonds is 4. The van der Waals surface area contributed by atoms with Crippen LogP contribution < -0.4 is 14.8 Å². The molecule has 0 saturated heterocycles. The fourth-order valence-electron chi connectivity index (χ4n) is 2.27. The molecule has 0 aromatic heterocycles. The zero-order valence-electron chi connectivity index (χ0n) is 12.6. The van der Waals surface area contributed by atoms with Gasteiger partial charge in [-0.05, 0) is 48.4 Å². The molecule has 118 valence electrons. The molecule has 0 spiro atoms. The summed E-state index contributed by atoms with van der Waals surface area (Å²) >= 11 is 5.83. The van der Waals surface area contributed by atoms with Gasteiger partial charge in [-0.1, -0.05) is 29.8 Å². The van der Waals surface area contributed by atoms with Crippen LogP contribution in [0.3, 0.4) is 0 Å². The molecule has 1 atom stereocenters. The summed E-state index contributed by atoms with van der Waals surface area (Å²) in [5.74, 6) is 1.28. The first-order valence-electron chi connectivity index (χ1n) is 7.25. The minimum Gasteiger partial charge on any atom is -0.454 e. The number of halogens is 1. The highest BCUT2D eigenvalue weighted by molar-refractivity contribution is 6.30. The van der Waals surface area contributed by atoms with E-state index in [9.17, 15) is 4.79 Å². The fraction of sp³-hybridized carbons (Fsp3) is 0.167. The minimum atomic E-state index is -0.162. The maximum absolute atomic E-state index is 12.0. The number of fused-ring (bicyclic) bond motifs is 1. The van der Waals surface area contributed by atoms with E-state index in [1.807, 2.05) is 37.3 Å². The van der Waals surface area contributed by atoms with Crippen LogP contribution in [0.15, 0.2) is 48.5 Å². The molecule has 5 heteroatoms. The molecule has 0 saturated carbocycles. The second-order valence-corrected chi connectivity index (χ2v) is 5.66. The quantitative estimate of drug-likeness (QED) is 0.864. The summed E-state index contributed by atoms with van der Waals surface area (Å²) in [5.41, 5.74) is 1.88. The van der Waals surface area contributed by atoms with E-state index in [0.717, 1.165) is 16.9 Å². The lowest BCUT2D eigenvalue weighted by Gasteiger charge is -2.13. The topological polar surface area (TPSA) is 47.6 Å². The highest BCUT2D eigenvalue weighted by atomic mass is 35.5. The number of carbonyl (C=O) groups is 1. The van der Waals surface area contributed by atoms with Crippen molar-refractivity contribution in [2.45, 2.75) is 13.0 Å². The van der Waals surface area contributed by atoms with Crippen LogP contribution in [-0.4, -0.2) is 12.7 Å². The maximum Gasteiger partial charge on any atom is 0.244 e. The maximum atomic E-state index is 12.0. The molecule has 1 N–H and O–H groups in total. The normalized spacial score (nSPS) is 14.0. The van der Waals surface area contributed by atoms with Gasteiger partial charge in [-0.3, -0.25) is 4.79 Å². The summed E-state index contributed by atoms with van der Waals surface area (Å²) in [6, 6.07) is 12.8. The Kier molecular flexibility index (Phi) is 4.53. The van der Waals surface area contributed by atoms with Crippen molar-refractivity contribution in [3.63, 3.8) is 0 Å². The Balaban J connectivity index is 1.62. The molecule has 0 aliphatic carbocycles. The molecule has 0 bridgehead atoms. The average molecular weight is 330 g/mol. The Hall–Kier alpha value is -2.46. The van der Waals surface area contributed by atoms with Crippen molar-refractivity contribution in [1.82, 2.24) is 5.32 Å². The minimum absolute atomic E-state index is 0.133. The Morgan fingerprint density at radius 2 is 1.91 bits per heavy atom. The van der Waals surface area contributed by atoms with Gasteiger partial charge < -0.3 is 14.8 Å². The third-order valence-corrected chi connectivity index (χ3v) is 3.80. The molecular weight excluding hydrogens is 314 g/mol. The second kappa shape index (κ2) is 6.75. The van der Waals surface area contributed by atoms with E-state index >= 15 is 0 Å². The highest BCUT2D eigenvalue weighted by Gasteiger charge is 2.16. The van der Waals surface area contributed by atoms with E-state index in [4.69, 9.17) is 21.1 Å². The van der Waals surface area contributed by atoms with Gasteiger partial charge in [-0.2, -0.15) is 0 Å². The Labute approximate surface area is 139 Å². The van der Waals surface area contributed by atoms with Gasteiger partial charge in [0.15, 0.2) is 11.5 Å². The molecular formula is C18H16ClNO3. The summed E-state index contributed by atoms with van der Waals surface area (Å²) in [6.07, 6.45) is 3.25. The van der Waals surface area contributed by atoms with Crippen molar-refractivity contribution < 1.29 is 14.3 Å². The number of carbonyl (C=O) groups excluding carboxylic acids is 1. The lowest BCUT2D eigenvalue weighted by atomic mass is 10.1. The van der Waals surface area contributed by atoms with E-state index in [-0.39, 0.29) is 18.7 Å². The van der Waals surface area contributed by atoms with Gasteiger partial charge >= 0.3 is 0 Å². The molecule has 23 heavy (non-hydrogen) atoms. The Morgan fingerprint density at radius 1 is 1.17 bits per heavy atom. The number of hydrogen-bond acceptors (Lipinski definition) is 3. The number of ether oxygens (including phenoxy) is 2. The van der Waals surface area contributed by atoms with Crippen LogP contribution in [0.5, 0.6) is 11.5 Å². The largest absolute Gasteiger partial charge is 0.454 e. The van der Waals surface area contributed by atoms with Crippen LogP contribution >= 0.6 is 11.6 Å². The summed E-state index contributed by atoms with van der Waals surface area (Å²) in [4.78, 5) is 12.0. The molecule has 1 aliphatic rings. The van der Waals surface area contributed by atoms with Crippen molar-refractivity contribution in [2.24, 2.45) is 0 Å². The zero-order chi connectivity index (χ0) is 16.2. The Bertz CT molecular complexity index is 740. The average Bonchev–Trinajstić information content (AvgIpc) is 3.02. The van der Waals surface area contributed by atoms with Gasteiger partial charge in [0, 0.05) is 11.1 Å². The molecule has 4 nitrogen and oxygen atoms in total. The van der Waals surface area contributed by atoms with Crippen molar-refractivity contribution in [3.05, 3.63) is 64.7 Å². The molecule has 1 amide bonds. The molecule has 1 aliphatic heterocycles.